The number of aliphatic carboxylic acids is 1. The van der Waals surface area contributed by atoms with Gasteiger partial charge in [-0.05, 0) is 36.3 Å². The molecular weight excluding hydrogens is 202 g/mol. The molecule has 1 heterocycles. The number of hydrogen-bond acceptors (Lipinski definition) is 1. The van der Waals surface area contributed by atoms with Gasteiger partial charge in [-0.15, -0.1) is 0 Å². The number of aromatic nitrogens is 1. The minimum absolute atomic E-state index is 0.209. The Balaban J connectivity index is 2.16. The Labute approximate surface area is 96.1 Å². The van der Waals surface area contributed by atoms with Gasteiger partial charge in [-0.3, -0.25) is 4.79 Å². The van der Waals surface area contributed by atoms with E-state index < -0.39 is 5.97 Å². The fourth-order valence-electron chi connectivity index (χ4n) is 2.85. The van der Waals surface area contributed by atoms with Crippen molar-refractivity contribution in [3.8, 4) is 0 Å². The highest BCUT2D eigenvalue weighted by Crippen LogP contribution is 2.39. The Morgan fingerprint density at radius 3 is 2.75 bits per heavy atom. The van der Waals surface area contributed by atoms with Gasteiger partial charge in [-0.2, -0.15) is 0 Å². The molecule has 0 spiro atoms. The Hall–Kier alpha value is -1.25. The number of carboxylic acid groups (broad SMARTS) is 1. The molecule has 1 aromatic rings. The van der Waals surface area contributed by atoms with Gasteiger partial charge in [0.05, 0.1) is 6.42 Å². The van der Waals surface area contributed by atoms with Crippen LogP contribution >= 0.6 is 0 Å². The van der Waals surface area contributed by atoms with E-state index in [1.807, 2.05) is 17.8 Å². The number of aryl methyl sites for hydroxylation is 1. The Bertz CT molecular complexity index is 364. The zero-order valence-corrected chi connectivity index (χ0v) is 9.72. The molecule has 0 bridgehead atoms. The minimum Gasteiger partial charge on any atom is -0.481 e. The third-order valence-electron chi connectivity index (χ3n) is 3.65. The molecular formula is C13H19NO2. The van der Waals surface area contributed by atoms with Gasteiger partial charge >= 0.3 is 5.97 Å². The fourth-order valence-corrected chi connectivity index (χ4v) is 2.85. The first-order valence-corrected chi connectivity index (χ1v) is 6.00. The highest BCUT2D eigenvalue weighted by atomic mass is 16.4. The molecule has 2 rings (SSSR count). The van der Waals surface area contributed by atoms with Crippen LogP contribution in [-0.4, -0.2) is 15.6 Å². The second-order valence-electron chi connectivity index (χ2n) is 4.86. The summed E-state index contributed by atoms with van der Waals surface area (Å²) in [5, 5.41) is 9.01. The molecule has 0 saturated heterocycles. The zero-order valence-electron chi connectivity index (χ0n) is 9.72. The zero-order chi connectivity index (χ0) is 11.5. The Morgan fingerprint density at radius 1 is 1.56 bits per heavy atom. The van der Waals surface area contributed by atoms with E-state index in [1.54, 1.807) is 0 Å². The van der Waals surface area contributed by atoms with Crippen LogP contribution in [0.3, 0.4) is 0 Å². The van der Waals surface area contributed by atoms with Crippen LogP contribution in [0.15, 0.2) is 18.5 Å². The van der Waals surface area contributed by atoms with Crippen LogP contribution in [0.4, 0.5) is 0 Å². The summed E-state index contributed by atoms with van der Waals surface area (Å²) in [5.41, 5.74) is 1.19. The number of hydrogen-bond donors (Lipinski definition) is 1. The van der Waals surface area contributed by atoms with E-state index in [1.165, 1.54) is 31.2 Å². The van der Waals surface area contributed by atoms with Gasteiger partial charge in [-0.25, -0.2) is 0 Å². The van der Waals surface area contributed by atoms with E-state index >= 15 is 0 Å². The molecule has 1 N–H and O–H groups in total. The van der Waals surface area contributed by atoms with Gasteiger partial charge in [0.2, 0.25) is 0 Å². The van der Waals surface area contributed by atoms with E-state index in [0.717, 1.165) is 0 Å². The molecule has 0 amide bonds. The molecule has 16 heavy (non-hydrogen) atoms. The maximum atomic E-state index is 10.9. The standard InChI is InChI=1S/C13H19NO2/c1-14-7-6-11(9-14)12(8-13(15)16)10-4-2-3-5-10/h6-7,9-10,12H,2-5,8H2,1H3,(H,15,16). The molecule has 88 valence electrons. The van der Waals surface area contributed by atoms with Crippen molar-refractivity contribution in [2.45, 2.75) is 38.0 Å². The molecule has 1 saturated carbocycles. The average molecular weight is 221 g/mol. The summed E-state index contributed by atoms with van der Waals surface area (Å²) in [7, 11) is 1.98. The van der Waals surface area contributed by atoms with Gasteiger partial charge in [0.1, 0.15) is 0 Å². The number of carboxylic acids is 1. The Morgan fingerprint density at radius 2 is 2.25 bits per heavy atom. The molecule has 0 aromatic carbocycles. The average Bonchev–Trinajstić information content (AvgIpc) is 2.84. The number of nitrogens with zero attached hydrogens (tertiary/aromatic N) is 1. The van der Waals surface area contributed by atoms with Crippen molar-refractivity contribution in [2.75, 3.05) is 0 Å². The van der Waals surface area contributed by atoms with E-state index in [2.05, 4.69) is 12.3 Å². The predicted molar refractivity (Wildman–Crippen MR) is 62.4 cm³/mol. The summed E-state index contributed by atoms with van der Waals surface area (Å²) in [5.74, 6) is 0.0976. The topological polar surface area (TPSA) is 42.2 Å². The van der Waals surface area contributed by atoms with E-state index in [9.17, 15) is 4.79 Å². The summed E-state index contributed by atoms with van der Waals surface area (Å²) in [4.78, 5) is 10.9. The van der Waals surface area contributed by atoms with Gasteiger partial charge in [-0.1, -0.05) is 12.8 Å². The van der Waals surface area contributed by atoms with Gasteiger partial charge in [0.25, 0.3) is 0 Å². The summed E-state index contributed by atoms with van der Waals surface area (Å²) in [6.07, 6.45) is 9.22. The minimum atomic E-state index is -0.680. The number of rotatable bonds is 4. The highest BCUT2D eigenvalue weighted by Gasteiger charge is 2.28. The lowest BCUT2D eigenvalue weighted by atomic mass is 9.84. The summed E-state index contributed by atoms with van der Waals surface area (Å²) >= 11 is 0. The van der Waals surface area contributed by atoms with Crippen LogP contribution in [0, 0.1) is 5.92 Å². The lowest BCUT2D eigenvalue weighted by Crippen LogP contribution is -2.14. The molecule has 3 heteroatoms. The third kappa shape index (κ3) is 2.46. The molecule has 1 aliphatic carbocycles. The van der Waals surface area contributed by atoms with Crippen LogP contribution in [0.2, 0.25) is 0 Å². The fraction of sp³-hybridized carbons (Fsp3) is 0.615. The third-order valence-corrected chi connectivity index (χ3v) is 3.65. The lowest BCUT2D eigenvalue weighted by Gasteiger charge is -2.20. The molecule has 0 radical (unpaired) electrons. The van der Waals surface area contributed by atoms with Crippen LogP contribution in [0.25, 0.3) is 0 Å². The second kappa shape index (κ2) is 4.73. The van der Waals surface area contributed by atoms with Crippen molar-refractivity contribution < 1.29 is 9.90 Å². The first-order valence-electron chi connectivity index (χ1n) is 6.00. The van der Waals surface area contributed by atoms with Crippen LogP contribution in [0.1, 0.15) is 43.6 Å². The van der Waals surface area contributed by atoms with Crippen molar-refractivity contribution in [1.82, 2.24) is 4.57 Å². The summed E-state index contributed by atoms with van der Waals surface area (Å²) < 4.78 is 2.00. The molecule has 1 unspecified atom stereocenters. The van der Waals surface area contributed by atoms with Crippen molar-refractivity contribution >= 4 is 5.97 Å². The molecule has 3 nitrogen and oxygen atoms in total. The second-order valence-corrected chi connectivity index (χ2v) is 4.86. The van der Waals surface area contributed by atoms with Gasteiger partial charge < -0.3 is 9.67 Å². The van der Waals surface area contributed by atoms with E-state index in [0.29, 0.717) is 5.92 Å². The van der Waals surface area contributed by atoms with Crippen LogP contribution in [-0.2, 0) is 11.8 Å². The highest BCUT2D eigenvalue weighted by molar-refractivity contribution is 5.68. The van der Waals surface area contributed by atoms with Crippen molar-refractivity contribution in [2.24, 2.45) is 13.0 Å². The lowest BCUT2D eigenvalue weighted by molar-refractivity contribution is -0.137. The van der Waals surface area contributed by atoms with Crippen molar-refractivity contribution in [3.05, 3.63) is 24.0 Å². The summed E-state index contributed by atoms with van der Waals surface area (Å²) in [6, 6.07) is 2.06. The number of carbonyl (C=O) groups is 1. The van der Waals surface area contributed by atoms with E-state index in [-0.39, 0.29) is 12.3 Å². The van der Waals surface area contributed by atoms with Crippen LogP contribution in [0.5, 0.6) is 0 Å². The SMILES string of the molecule is Cn1ccc(C(CC(=O)O)C2CCCC2)c1. The molecule has 1 aliphatic rings. The largest absolute Gasteiger partial charge is 0.481 e. The molecule has 0 aliphatic heterocycles. The normalized spacial score (nSPS) is 18.8. The van der Waals surface area contributed by atoms with Gasteiger partial charge in [0, 0.05) is 19.4 Å². The van der Waals surface area contributed by atoms with Gasteiger partial charge in [0.15, 0.2) is 0 Å². The summed E-state index contributed by atoms with van der Waals surface area (Å²) in [6.45, 7) is 0. The molecule has 1 atom stereocenters. The first kappa shape index (κ1) is 11.2. The van der Waals surface area contributed by atoms with Crippen LogP contribution < -0.4 is 0 Å². The maximum absolute atomic E-state index is 10.9. The molecule has 1 aromatic heterocycles. The smallest absolute Gasteiger partial charge is 0.303 e. The van der Waals surface area contributed by atoms with Crippen molar-refractivity contribution in [3.63, 3.8) is 0 Å². The van der Waals surface area contributed by atoms with E-state index in [4.69, 9.17) is 5.11 Å². The Kier molecular flexibility index (Phi) is 3.32. The molecule has 1 fully saturated rings. The monoisotopic (exact) mass is 221 g/mol. The quantitative estimate of drug-likeness (QED) is 0.849. The predicted octanol–water partition coefficient (Wildman–Crippen LogP) is 2.77. The van der Waals surface area contributed by atoms with Crippen molar-refractivity contribution in [1.29, 1.82) is 0 Å². The first-order chi connectivity index (χ1) is 7.66. The maximum Gasteiger partial charge on any atom is 0.303 e.